The van der Waals surface area contributed by atoms with Gasteiger partial charge in [-0.1, -0.05) is 32.0 Å². The van der Waals surface area contributed by atoms with E-state index in [0.717, 1.165) is 37.4 Å². The molecule has 0 amide bonds. The second kappa shape index (κ2) is 11.5. The van der Waals surface area contributed by atoms with E-state index < -0.39 is 0 Å². The highest BCUT2D eigenvalue weighted by Crippen LogP contribution is 2.17. The Labute approximate surface area is 128 Å². The largest absolute Gasteiger partial charge is 0.491 e. The second-order valence-electron chi connectivity index (χ2n) is 5.42. The first-order valence-corrected chi connectivity index (χ1v) is 7.72. The fourth-order valence-electron chi connectivity index (χ4n) is 1.82. The van der Waals surface area contributed by atoms with Gasteiger partial charge >= 0.3 is 0 Å². The molecular weight excluding hydrogens is 266 g/mol. The van der Waals surface area contributed by atoms with Gasteiger partial charge in [0.2, 0.25) is 0 Å². The van der Waals surface area contributed by atoms with E-state index in [1.54, 1.807) is 7.11 Å². The third-order valence-corrected chi connectivity index (χ3v) is 3.10. The molecule has 0 radical (unpaired) electrons. The lowest BCUT2D eigenvalue weighted by Crippen LogP contribution is -2.19. The fourth-order valence-corrected chi connectivity index (χ4v) is 1.82. The van der Waals surface area contributed by atoms with Gasteiger partial charge in [-0.25, -0.2) is 0 Å². The standard InChI is InChI=1S/C17H29NO3/c1-15(2)8-10-20-12-13-21-17-7-5-4-6-16(17)14-18-9-11-19-3/h4-7,15,18H,8-14H2,1-3H3. The Balaban J connectivity index is 2.24. The summed E-state index contributed by atoms with van der Waals surface area (Å²) in [6, 6.07) is 8.10. The average Bonchev–Trinajstić information content (AvgIpc) is 2.48. The predicted octanol–water partition coefficient (Wildman–Crippen LogP) is 2.86. The Morgan fingerprint density at radius 1 is 1.05 bits per heavy atom. The summed E-state index contributed by atoms with van der Waals surface area (Å²) in [6.07, 6.45) is 1.10. The van der Waals surface area contributed by atoms with E-state index in [1.165, 1.54) is 0 Å². The molecule has 21 heavy (non-hydrogen) atoms. The van der Waals surface area contributed by atoms with Gasteiger partial charge < -0.3 is 19.5 Å². The topological polar surface area (TPSA) is 39.7 Å². The van der Waals surface area contributed by atoms with E-state index in [1.807, 2.05) is 18.2 Å². The van der Waals surface area contributed by atoms with Gasteiger partial charge in [-0.3, -0.25) is 0 Å². The van der Waals surface area contributed by atoms with Crippen LogP contribution in [0.2, 0.25) is 0 Å². The first-order chi connectivity index (χ1) is 10.2. The molecule has 0 heterocycles. The number of benzene rings is 1. The molecule has 0 aliphatic rings. The van der Waals surface area contributed by atoms with Crippen molar-refractivity contribution in [1.82, 2.24) is 5.32 Å². The maximum absolute atomic E-state index is 5.80. The maximum Gasteiger partial charge on any atom is 0.123 e. The Morgan fingerprint density at radius 3 is 2.62 bits per heavy atom. The molecule has 1 aromatic rings. The number of ether oxygens (including phenoxy) is 3. The van der Waals surface area contributed by atoms with Crippen LogP contribution in [0, 0.1) is 5.92 Å². The molecule has 0 saturated heterocycles. The number of methoxy groups -OCH3 is 1. The van der Waals surface area contributed by atoms with Crippen molar-refractivity contribution in [2.45, 2.75) is 26.8 Å². The third-order valence-electron chi connectivity index (χ3n) is 3.10. The van der Waals surface area contributed by atoms with Crippen LogP contribution in [-0.4, -0.2) is 40.1 Å². The molecule has 1 aromatic carbocycles. The SMILES string of the molecule is COCCNCc1ccccc1OCCOCCC(C)C. The van der Waals surface area contributed by atoms with Gasteiger partial charge in [0.25, 0.3) is 0 Å². The van der Waals surface area contributed by atoms with Crippen molar-refractivity contribution in [1.29, 1.82) is 0 Å². The quantitative estimate of drug-likeness (QED) is 0.602. The van der Waals surface area contributed by atoms with E-state index in [0.29, 0.717) is 25.7 Å². The Kier molecular flexibility index (Phi) is 9.87. The van der Waals surface area contributed by atoms with Gasteiger partial charge in [0.15, 0.2) is 0 Å². The molecule has 0 spiro atoms. The van der Waals surface area contributed by atoms with Crippen LogP contribution in [0.5, 0.6) is 5.75 Å². The third kappa shape index (κ3) is 8.71. The van der Waals surface area contributed by atoms with E-state index in [4.69, 9.17) is 14.2 Å². The first-order valence-electron chi connectivity index (χ1n) is 7.72. The van der Waals surface area contributed by atoms with Gasteiger partial charge in [0.05, 0.1) is 13.2 Å². The van der Waals surface area contributed by atoms with Crippen molar-refractivity contribution in [3.05, 3.63) is 29.8 Å². The predicted molar refractivity (Wildman–Crippen MR) is 85.8 cm³/mol. The summed E-state index contributed by atoms with van der Waals surface area (Å²) in [4.78, 5) is 0. The zero-order valence-corrected chi connectivity index (χ0v) is 13.6. The van der Waals surface area contributed by atoms with Crippen LogP contribution in [0.25, 0.3) is 0 Å². The van der Waals surface area contributed by atoms with Crippen LogP contribution in [0.15, 0.2) is 24.3 Å². The minimum Gasteiger partial charge on any atom is -0.491 e. The molecule has 0 fully saturated rings. The molecular formula is C17H29NO3. The molecule has 0 aromatic heterocycles. The van der Waals surface area contributed by atoms with Crippen molar-refractivity contribution in [2.75, 3.05) is 40.1 Å². The molecule has 0 saturated carbocycles. The smallest absolute Gasteiger partial charge is 0.123 e. The van der Waals surface area contributed by atoms with Crippen LogP contribution in [0.4, 0.5) is 0 Å². The fraction of sp³-hybridized carbons (Fsp3) is 0.647. The van der Waals surface area contributed by atoms with Crippen molar-refractivity contribution in [3.8, 4) is 5.75 Å². The minimum atomic E-state index is 0.590. The highest BCUT2D eigenvalue weighted by atomic mass is 16.5. The normalized spacial score (nSPS) is 11.0. The molecule has 0 aliphatic heterocycles. The highest BCUT2D eigenvalue weighted by molar-refractivity contribution is 5.33. The summed E-state index contributed by atoms with van der Waals surface area (Å²) < 4.78 is 16.4. The highest BCUT2D eigenvalue weighted by Gasteiger charge is 2.02. The number of hydrogen-bond donors (Lipinski definition) is 1. The Hall–Kier alpha value is -1.10. The summed E-state index contributed by atoms with van der Waals surface area (Å²) in [5.74, 6) is 1.61. The second-order valence-corrected chi connectivity index (χ2v) is 5.42. The number of rotatable bonds is 12. The molecule has 1 rings (SSSR count). The molecule has 0 atom stereocenters. The number of nitrogens with one attached hydrogen (secondary N) is 1. The summed E-state index contributed by atoms with van der Waals surface area (Å²) in [6.45, 7) is 8.77. The van der Waals surface area contributed by atoms with Crippen molar-refractivity contribution in [2.24, 2.45) is 5.92 Å². The lowest BCUT2D eigenvalue weighted by Gasteiger charge is -2.12. The van der Waals surface area contributed by atoms with Gasteiger partial charge in [-0.15, -0.1) is 0 Å². The molecule has 1 N–H and O–H groups in total. The van der Waals surface area contributed by atoms with Crippen LogP contribution in [0.3, 0.4) is 0 Å². The van der Waals surface area contributed by atoms with Gasteiger partial charge in [0, 0.05) is 32.4 Å². The van der Waals surface area contributed by atoms with Crippen LogP contribution < -0.4 is 10.1 Å². The molecule has 4 heteroatoms. The van der Waals surface area contributed by atoms with Crippen molar-refractivity contribution in [3.63, 3.8) is 0 Å². The molecule has 0 aliphatic carbocycles. The summed E-state index contributed by atoms with van der Waals surface area (Å²) in [7, 11) is 1.71. The van der Waals surface area contributed by atoms with E-state index in [-0.39, 0.29) is 0 Å². The van der Waals surface area contributed by atoms with Crippen molar-refractivity contribution >= 4 is 0 Å². The zero-order chi connectivity index (χ0) is 15.3. The first kappa shape index (κ1) is 18.0. The van der Waals surface area contributed by atoms with Gasteiger partial charge in [0.1, 0.15) is 12.4 Å². The molecule has 4 nitrogen and oxygen atoms in total. The minimum absolute atomic E-state index is 0.590. The van der Waals surface area contributed by atoms with Crippen LogP contribution in [-0.2, 0) is 16.0 Å². The average molecular weight is 295 g/mol. The number of para-hydroxylation sites is 1. The summed E-state index contributed by atoms with van der Waals surface area (Å²) in [5, 5.41) is 3.33. The van der Waals surface area contributed by atoms with Crippen molar-refractivity contribution < 1.29 is 14.2 Å². The monoisotopic (exact) mass is 295 g/mol. The molecule has 0 unspecified atom stereocenters. The van der Waals surface area contributed by atoms with Crippen LogP contribution >= 0.6 is 0 Å². The Morgan fingerprint density at radius 2 is 1.86 bits per heavy atom. The molecule has 120 valence electrons. The Bertz CT molecular complexity index is 369. The lowest BCUT2D eigenvalue weighted by molar-refractivity contribution is 0.0922. The summed E-state index contributed by atoms with van der Waals surface area (Å²) >= 11 is 0. The maximum atomic E-state index is 5.80. The zero-order valence-electron chi connectivity index (χ0n) is 13.6. The number of hydrogen-bond acceptors (Lipinski definition) is 4. The molecule has 0 bridgehead atoms. The van der Waals surface area contributed by atoms with E-state index in [9.17, 15) is 0 Å². The summed E-state index contributed by atoms with van der Waals surface area (Å²) in [5.41, 5.74) is 1.16. The van der Waals surface area contributed by atoms with E-state index >= 15 is 0 Å². The van der Waals surface area contributed by atoms with Crippen LogP contribution in [0.1, 0.15) is 25.8 Å². The van der Waals surface area contributed by atoms with Gasteiger partial charge in [-0.05, 0) is 18.4 Å². The van der Waals surface area contributed by atoms with Gasteiger partial charge in [-0.2, -0.15) is 0 Å². The van der Waals surface area contributed by atoms with E-state index in [2.05, 4.69) is 25.2 Å². The lowest BCUT2D eigenvalue weighted by atomic mass is 10.1.